The van der Waals surface area contributed by atoms with E-state index in [9.17, 15) is 14.4 Å². The molecule has 234 valence electrons. The van der Waals surface area contributed by atoms with E-state index in [4.69, 9.17) is 0 Å². The Bertz CT molecular complexity index is 1250. The van der Waals surface area contributed by atoms with Crippen molar-refractivity contribution in [3.63, 3.8) is 0 Å². The summed E-state index contributed by atoms with van der Waals surface area (Å²) in [5, 5.41) is 0. The molecule has 2 aliphatic carbocycles. The van der Waals surface area contributed by atoms with Crippen LogP contribution in [0.25, 0.3) is 0 Å². The molecule has 0 aromatic heterocycles. The molecule has 2 aromatic carbocycles. The number of carbonyl (C=O) groups is 3. The van der Waals surface area contributed by atoms with Crippen LogP contribution in [-0.4, -0.2) is 17.3 Å². The summed E-state index contributed by atoms with van der Waals surface area (Å²) in [7, 11) is 0. The summed E-state index contributed by atoms with van der Waals surface area (Å²) in [6.45, 7) is 12.5. The van der Waals surface area contributed by atoms with Gasteiger partial charge in [0.1, 0.15) is 11.6 Å². The topological polar surface area (TPSA) is 51.2 Å². The van der Waals surface area contributed by atoms with E-state index in [0.717, 1.165) is 50.0 Å². The van der Waals surface area contributed by atoms with Gasteiger partial charge >= 0.3 is 0 Å². The Hall–Kier alpha value is -2.55. The zero-order valence-corrected chi connectivity index (χ0v) is 27.8. The fraction of sp³-hybridized carbons (Fsp3) is 0.625. The Labute approximate surface area is 261 Å². The molecule has 1 fully saturated rings. The standard InChI is InChI=1S/C40H56O3/c1-7-12-33(35(8-2)38(42)19-27(5)41)22-32-23-37-36(26(3)4)25-34(28(6)40(37)39(43)24-32)21-31-17-15-30(16-18-31)20-29-13-10-9-11-14-29/h9-11,13-14,25-26,30-33,35H,7-8,12,15-24H2,1-6H3. The number of Topliss-reactive ketones (excluding diaryl/α,β-unsaturated/α-hetero) is 3. The Kier molecular flexibility index (Phi) is 12.0. The molecule has 0 aliphatic heterocycles. The first-order chi connectivity index (χ1) is 20.6. The van der Waals surface area contributed by atoms with E-state index in [0.29, 0.717) is 24.0 Å². The van der Waals surface area contributed by atoms with Crippen molar-refractivity contribution in [1.82, 2.24) is 0 Å². The van der Waals surface area contributed by atoms with Crippen LogP contribution in [-0.2, 0) is 28.9 Å². The lowest BCUT2D eigenvalue weighted by molar-refractivity contribution is -0.129. The van der Waals surface area contributed by atoms with Crippen molar-refractivity contribution in [3.8, 4) is 0 Å². The largest absolute Gasteiger partial charge is 0.300 e. The van der Waals surface area contributed by atoms with E-state index in [2.05, 4.69) is 71.0 Å². The van der Waals surface area contributed by atoms with Crippen molar-refractivity contribution < 1.29 is 14.4 Å². The molecule has 3 nitrogen and oxygen atoms in total. The molecule has 0 spiro atoms. The van der Waals surface area contributed by atoms with Crippen molar-refractivity contribution in [2.75, 3.05) is 0 Å². The fourth-order valence-electron chi connectivity index (χ4n) is 8.51. The van der Waals surface area contributed by atoms with Crippen LogP contribution in [0.5, 0.6) is 0 Å². The van der Waals surface area contributed by atoms with E-state index < -0.39 is 0 Å². The highest BCUT2D eigenvalue weighted by atomic mass is 16.1. The van der Waals surface area contributed by atoms with Crippen LogP contribution in [0, 0.1) is 36.5 Å². The van der Waals surface area contributed by atoms with Gasteiger partial charge in [0.25, 0.3) is 0 Å². The molecule has 0 bridgehead atoms. The molecule has 2 aliphatic rings. The monoisotopic (exact) mass is 584 g/mol. The average Bonchev–Trinajstić information content (AvgIpc) is 2.95. The van der Waals surface area contributed by atoms with Crippen LogP contribution in [0.2, 0.25) is 0 Å². The lowest BCUT2D eigenvalue weighted by Crippen LogP contribution is -2.30. The molecule has 2 aromatic rings. The maximum Gasteiger partial charge on any atom is 0.163 e. The number of hydrogen-bond donors (Lipinski definition) is 0. The maximum absolute atomic E-state index is 13.9. The first-order valence-electron chi connectivity index (χ1n) is 17.4. The predicted octanol–water partition coefficient (Wildman–Crippen LogP) is 9.84. The van der Waals surface area contributed by atoms with Gasteiger partial charge < -0.3 is 0 Å². The summed E-state index contributed by atoms with van der Waals surface area (Å²) >= 11 is 0. The minimum Gasteiger partial charge on any atom is -0.300 e. The summed E-state index contributed by atoms with van der Waals surface area (Å²) in [6.07, 6.45) is 12.6. The lowest BCUT2D eigenvalue weighted by Gasteiger charge is -2.34. The molecule has 0 heterocycles. The lowest BCUT2D eigenvalue weighted by atomic mass is 9.69. The van der Waals surface area contributed by atoms with E-state index in [-0.39, 0.29) is 35.7 Å². The van der Waals surface area contributed by atoms with Crippen LogP contribution in [0.3, 0.4) is 0 Å². The van der Waals surface area contributed by atoms with E-state index >= 15 is 0 Å². The van der Waals surface area contributed by atoms with Gasteiger partial charge in [-0.3, -0.25) is 14.4 Å². The van der Waals surface area contributed by atoms with Crippen LogP contribution in [0.15, 0.2) is 36.4 Å². The normalized spacial score (nSPS) is 21.8. The molecular formula is C40H56O3. The number of fused-ring (bicyclic) bond motifs is 1. The molecule has 43 heavy (non-hydrogen) atoms. The van der Waals surface area contributed by atoms with Gasteiger partial charge in [-0.2, -0.15) is 0 Å². The Morgan fingerprint density at radius 1 is 0.907 bits per heavy atom. The Balaban J connectivity index is 1.49. The van der Waals surface area contributed by atoms with E-state index in [1.165, 1.54) is 66.8 Å². The summed E-state index contributed by atoms with van der Waals surface area (Å²) in [4.78, 5) is 38.6. The fourth-order valence-corrected chi connectivity index (χ4v) is 8.51. The summed E-state index contributed by atoms with van der Waals surface area (Å²) in [6, 6.07) is 13.4. The summed E-state index contributed by atoms with van der Waals surface area (Å²) < 4.78 is 0. The Morgan fingerprint density at radius 2 is 1.56 bits per heavy atom. The quantitative estimate of drug-likeness (QED) is 0.208. The first kappa shape index (κ1) is 33.3. The SMILES string of the molecule is CCCC(CC1CC(=O)c2c(C)c(CC3CCC(Cc4ccccc4)CC3)cc(C(C)C)c2C1)C(CC)C(=O)CC(C)=O. The minimum atomic E-state index is -0.0863. The third-order valence-corrected chi connectivity index (χ3v) is 10.7. The van der Waals surface area contributed by atoms with Crippen molar-refractivity contribution in [1.29, 1.82) is 0 Å². The zero-order chi connectivity index (χ0) is 31.1. The van der Waals surface area contributed by atoms with E-state index in [1.54, 1.807) is 0 Å². The van der Waals surface area contributed by atoms with Crippen LogP contribution < -0.4 is 0 Å². The average molecular weight is 585 g/mol. The van der Waals surface area contributed by atoms with Crippen LogP contribution >= 0.6 is 0 Å². The second kappa shape index (κ2) is 15.4. The number of benzene rings is 2. The first-order valence-corrected chi connectivity index (χ1v) is 17.4. The maximum atomic E-state index is 13.9. The van der Waals surface area contributed by atoms with Gasteiger partial charge in [0.15, 0.2) is 5.78 Å². The molecule has 0 amide bonds. The molecular weight excluding hydrogens is 528 g/mol. The smallest absolute Gasteiger partial charge is 0.163 e. The highest BCUT2D eigenvalue weighted by molar-refractivity contribution is 6.01. The molecule has 3 unspecified atom stereocenters. The number of hydrogen-bond acceptors (Lipinski definition) is 3. The highest BCUT2D eigenvalue weighted by Crippen LogP contribution is 2.41. The molecule has 0 N–H and O–H groups in total. The van der Waals surface area contributed by atoms with Crippen LogP contribution in [0.1, 0.15) is 143 Å². The van der Waals surface area contributed by atoms with Crippen LogP contribution in [0.4, 0.5) is 0 Å². The second-order valence-corrected chi connectivity index (χ2v) is 14.4. The molecule has 3 atom stereocenters. The van der Waals surface area contributed by atoms with Gasteiger partial charge in [-0.15, -0.1) is 0 Å². The van der Waals surface area contributed by atoms with Crippen molar-refractivity contribution in [2.45, 2.75) is 131 Å². The molecule has 0 saturated heterocycles. The predicted molar refractivity (Wildman–Crippen MR) is 178 cm³/mol. The van der Waals surface area contributed by atoms with Crippen molar-refractivity contribution in [2.24, 2.45) is 29.6 Å². The van der Waals surface area contributed by atoms with Gasteiger partial charge in [0, 0.05) is 17.9 Å². The minimum absolute atomic E-state index is 0.0410. The van der Waals surface area contributed by atoms with Gasteiger partial charge in [0.2, 0.25) is 0 Å². The van der Waals surface area contributed by atoms with Gasteiger partial charge in [-0.1, -0.05) is 76.9 Å². The number of rotatable bonds is 14. The number of carbonyl (C=O) groups excluding carboxylic acids is 3. The molecule has 1 saturated carbocycles. The molecule has 0 radical (unpaired) electrons. The van der Waals surface area contributed by atoms with Crippen molar-refractivity contribution >= 4 is 17.3 Å². The highest BCUT2D eigenvalue weighted by Gasteiger charge is 2.35. The van der Waals surface area contributed by atoms with Gasteiger partial charge in [-0.25, -0.2) is 0 Å². The molecule has 3 heteroatoms. The van der Waals surface area contributed by atoms with Gasteiger partial charge in [0.05, 0.1) is 6.42 Å². The second-order valence-electron chi connectivity index (χ2n) is 14.4. The third-order valence-electron chi connectivity index (χ3n) is 10.7. The zero-order valence-electron chi connectivity index (χ0n) is 27.8. The van der Waals surface area contributed by atoms with Gasteiger partial charge in [-0.05, 0) is 129 Å². The number of ketones is 3. The molecule has 4 rings (SSSR count). The van der Waals surface area contributed by atoms with E-state index in [1.807, 2.05) is 0 Å². The third kappa shape index (κ3) is 8.55. The van der Waals surface area contributed by atoms with Crippen molar-refractivity contribution in [3.05, 3.63) is 69.8 Å². The summed E-state index contributed by atoms with van der Waals surface area (Å²) in [5.74, 6) is 2.61. The Morgan fingerprint density at radius 3 is 2.14 bits per heavy atom. The summed E-state index contributed by atoms with van der Waals surface area (Å²) in [5.41, 5.74) is 7.74.